The van der Waals surface area contributed by atoms with Gasteiger partial charge in [-0.25, -0.2) is 14.8 Å². The van der Waals surface area contributed by atoms with Gasteiger partial charge in [-0.05, 0) is 30.2 Å². The number of hydrogen-bond acceptors (Lipinski definition) is 7. The van der Waals surface area contributed by atoms with Crippen molar-refractivity contribution in [1.29, 1.82) is 0 Å². The molecule has 188 valence electrons. The summed E-state index contributed by atoms with van der Waals surface area (Å²) in [5.41, 5.74) is 2.31. The Kier molecular flexibility index (Phi) is 6.72. The van der Waals surface area contributed by atoms with E-state index in [9.17, 15) is 9.59 Å². The van der Waals surface area contributed by atoms with Gasteiger partial charge in [-0.15, -0.1) is 0 Å². The molecule has 5 rings (SSSR count). The van der Waals surface area contributed by atoms with Crippen LogP contribution in [-0.2, 0) is 20.9 Å². The second-order valence-electron chi connectivity index (χ2n) is 9.22. The van der Waals surface area contributed by atoms with Crippen LogP contribution < -0.4 is 15.4 Å². The molecule has 0 saturated heterocycles. The van der Waals surface area contributed by atoms with Crippen LogP contribution >= 0.6 is 0 Å². The van der Waals surface area contributed by atoms with Crippen molar-refractivity contribution in [3.05, 3.63) is 89.7 Å². The molecule has 1 atom stereocenters. The van der Waals surface area contributed by atoms with Crippen molar-refractivity contribution in [2.24, 2.45) is 5.92 Å². The van der Waals surface area contributed by atoms with Crippen LogP contribution in [0, 0.1) is 5.92 Å². The van der Waals surface area contributed by atoms with Gasteiger partial charge in [0.1, 0.15) is 23.4 Å². The van der Waals surface area contributed by atoms with E-state index in [1.807, 2.05) is 86.6 Å². The van der Waals surface area contributed by atoms with Gasteiger partial charge in [-0.1, -0.05) is 62.4 Å². The number of ether oxygens (including phenoxy) is 2. The van der Waals surface area contributed by atoms with Crippen LogP contribution in [-0.4, -0.2) is 35.0 Å². The Balaban J connectivity index is 1.43. The van der Waals surface area contributed by atoms with Gasteiger partial charge < -0.3 is 20.1 Å². The van der Waals surface area contributed by atoms with E-state index in [0.717, 1.165) is 16.5 Å². The Morgan fingerprint density at radius 3 is 2.19 bits per heavy atom. The Morgan fingerprint density at radius 2 is 1.54 bits per heavy atom. The van der Waals surface area contributed by atoms with Crippen LogP contribution in [0.3, 0.4) is 0 Å². The Hall–Kier alpha value is -4.46. The van der Waals surface area contributed by atoms with Gasteiger partial charge in [0.25, 0.3) is 0 Å². The number of esters is 1. The first-order chi connectivity index (χ1) is 18.0. The molecule has 37 heavy (non-hydrogen) atoms. The summed E-state index contributed by atoms with van der Waals surface area (Å²) in [6.45, 7) is 3.98. The molecule has 0 spiro atoms. The fourth-order valence-corrected chi connectivity index (χ4v) is 4.55. The molecule has 0 aliphatic carbocycles. The molecule has 2 heterocycles. The SMILES string of the molecule is COC(=O)[C@@H](Nc1nc(CNC(=O)C2c3ccccc3Oc3ccccc32)nc2ccccc12)C(C)C. The molecule has 0 bridgehead atoms. The summed E-state index contributed by atoms with van der Waals surface area (Å²) in [5.74, 6) is 1.17. The van der Waals surface area contributed by atoms with Crippen molar-refractivity contribution in [2.45, 2.75) is 32.4 Å². The summed E-state index contributed by atoms with van der Waals surface area (Å²) >= 11 is 0. The molecule has 1 aliphatic heterocycles. The van der Waals surface area contributed by atoms with Gasteiger partial charge in [0, 0.05) is 16.5 Å². The summed E-state index contributed by atoms with van der Waals surface area (Å²) in [5, 5.41) is 7.03. The van der Waals surface area contributed by atoms with Crippen molar-refractivity contribution in [3.8, 4) is 11.5 Å². The summed E-state index contributed by atoms with van der Waals surface area (Å²) in [4.78, 5) is 35.2. The van der Waals surface area contributed by atoms with Gasteiger partial charge >= 0.3 is 5.97 Å². The highest BCUT2D eigenvalue weighted by atomic mass is 16.5. The smallest absolute Gasteiger partial charge is 0.328 e. The molecule has 8 nitrogen and oxygen atoms in total. The third-order valence-electron chi connectivity index (χ3n) is 6.43. The molecule has 1 aliphatic rings. The average Bonchev–Trinajstić information content (AvgIpc) is 2.92. The van der Waals surface area contributed by atoms with Crippen LogP contribution in [0.2, 0.25) is 0 Å². The van der Waals surface area contributed by atoms with Gasteiger partial charge in [-0.2, -0.15) is 0 Å². The lowest BCUT2D eigenvalue weighted by molar-refractivity contribution is -0.142. The van der Waals surface area contributed by atoms with E-state index in [1.165, 1.54) is 7.11 Å². The quantitative estimate of drug-likeness (QED) is 0.355. The fraction of sp³-hybridized carbons (Fsp3) is 0.241. The summed E-state index contributed by atoms with van der Waals surface area (Å²) in [7, 11) is 1.37. The highest BCUT2D eigenvalue weighted by Crippen LogP contribution is 2.43. The zero-order valence-electron chi connectivity index (χ0n) is 20.9. The minimum absolute atomic E-state index is 0.0296. The van der Waals surface area contributed by atoms with Crippen LogP contribution in [0.5, 0.6) is 11.5 Å². The summed E-state index contributed by atoms with van der Waals surface area (Å²) in [6, 6.07) is 22.1. The third-order valence-corrected chi connectivity index (χ3v) is 6.43. The summed E-state index contributed by atoms with van der Waals surface area (Å²) < 4.78 is 11.0. The zero-order chi connectivity index (χ0) is 25.9. The molecular weight excluding hydrogens is 468 g/mol. The topological polar surface area (TPSA) is 102 Å². The van der Waals surface area contributed by atoms with Crippen molar-refractivity contribution in [1.82, 2.24) is 15.3 Å². The van der Waals surface area contributed by atoms with Crippen molar-refractivity contribution in [2.75, 3.05) is 12.4 Å². The van der Waals surface area contributed by atoms with Gasteiger partial charge in [0.2, 0.25) is 5.91 Å². The number of benzene rings is 3. The number of carbonyl (C=O) groups excluding carboxylic acids is 2. The number of para-hydroxylation sites is 3. The number of hydrogen-bond donors (Lipinski definition) is 2. The first kappa shape index (κ1) is 24.2. The van der Waals surface area contributed by atoms with E-state index in [1.54, 1.807) is 0 Å². The van der Waals surface area contributed by atoms with Gasteiger partial charge in [0.05, 0.1) is 25.1 Å². The number of methoxy groups -OCH3 is 1. The van der Waals surface area contributed by atoms with Gasteiger partial charge in [0.15, 0.2) is 5.82 Å². The first-order valence-electron chi connectivity index (χ1n) is 12.2. The molecular formula is C29H28N4O4. The molecule has 4 aromatic rings. The molecule has 1 aromatic heterocycles. The van der Waals surface area contributed by atoms with Gasteiger partial charge in [-0.3, -0.25) is 4.79 Å². The molecule has 0 radical (unpaired) electrons. The maximum absolute atomic E-state index is 13.5. The maximum Gasteiger partial charge on any atom is 0.328 e. The Morgan fingerprint density at radius 1 is 0.919 bits per heavy atom. The molecule has 3 aromatic carbocycles. The second-order valence-corrected chi connectivity index (χ2v) is 9.22. The number of fused-ring (bicyclic) bond motifs is 3. The number of amides is 1. The fourth-order valence-electron chi connectivity index (χ4n) is 4.55. The van der Waals surface area contributed by atoms with E-state index >= 15 is 0 Å². The molecule has 0 saturated carbocycles. The normalized spacial score (nSPS) is 13.3. The number of anilines is 1. The van der Waals surface area contributed by atoms with Crippen LogP contribution in [0.15, 0.2) is 72.8 Å². The molecule has 1 amide bonds. The predicted molar refractivity (Wildman–Crippen MR) is 140 cm³/mol. The lowest BCUT2D eigenvalue weighted by Crippen LogP contribution is -2.36. The molecule has 2 N–H and O–H groups in total. The van der Waals surface area contributed by atoms with Crippen LogP contribution in [0.4, 0.5) is 5.82 Å². The lowest BCUT2D eigenvalue weighted by Gasteiger charge is -2.27. The van der Waals surface area contributed by atoms with E-state index in [-0.39, 0.29) is 24.3 Å². The predicted octanol–water partition coefficient (Wildman–Crippen LogP) is 4.79. The molecule has 0 fully saturated rings. The number of rotatable bonds is 7. The average molecular weight is 497 g/mol. The lowest BCUT2D eigenvalue weighted by atomic mass is 9.87. The highest BCUT2D eigenvalue weighted by Gasteiger charge is 2.32. The van der Waals surface area contributed by atoms with E-state index < -0.39 is 12.0 Å². The minimum Gasteiger partial charge on any atom is -0.467 e. The highest BCUT2D eigenvalue weighted by molar-refractivity contribution is 5.92. The first-order valence-corrected chi connectivity index (χ1v) is 12.2. The largest absolute Gasteiger partial charge is 0.467 e. The summed E-state index contributed by atoms with van der Waals surface area (Å²) in [6.07, 6.45) is 0. The van der Waals surface area contributed by atoms with E-state index in [0.29, 0.717) is 28.7 Å². The standard InChI is InChI=1S/C29H28N4O4/c1-17(2)26(29(35)36-3)33-27-18-10-4-7-13-21(18)31-24(32-27)16-30-28(34)25-19-11-5-8-14-22(19)37-23-15-9-6-12-20(23)25/h4-15,17,25-26H,16H2,1-3H3,(H,30,34)(H,31,32,33)/t26-/m0/s1. The van der Waals surface area contributed by atoms with E-state index in [4.69, 9.17) is 9.47 Å². The monoisotopic (exact) mass is 496 g/mol. The van der Waals surface area contributed by atoms with Crippen molar-refractivity contribution >= 4 is 28.6 Å². The maximum atomic E-state index is 13.5. The second kappa shape index (κ2) is 10.3. The van der Waals surface area contributed by atoms with Crippen LogP contribution in [0.25, 0.3) is 10.9 Å². The van der Waals surface area contributed by atoms with E-state index in [2.05, 4.69) is 20.6 Å². The Bertz CT molecular complexity index is 1420. The number of nitrogens with one attached hydrogen (secondary N) is 2. The third kappa shape index (κ3) is 4.82. The zero-order valence-corrected chi connectivity index (χ0v) is 20.9. The van der Waals surface area contributed by atoms with Crippen molar-refractivity contribution < 1.29 is 19.1 Å². The van der Waals surface area contributed by atoms with Crippen molar-refractivity contribution in [3.63, 3.8) is 0 Å². The number of nitrogens with zero attached hydrogens (tertiary/aromatic N) is 2. The molecule has 0 unspecified atom stereocenters. The van der Waals surface area contributed by atoms with Crippen LogP contribution in [0.1, 0.15) is 36.7 Å². The number of carbonyl (C=O) groups is 2. The molecule has 8 heteroatoms. The number of aromatic nitrogens is 2. The minimum atomic E-state index is -0.582. The Labute approximate surface area is 215 Å².